The summed E-state index contributed by atoms with van der Waals surface area (Å²) in [5.74, 6) is -1.11. The molecule has 110 valence electrons. The molecular weight excluding hydrogens is 283 g/mol. The molecule has 2 N–H and O–H groups in total. The predicted molar refractivity (Wildman–Crippen MR) is 83.5 cm³/mol. The topological polar surface area (TPSA) is 65.1 Å². The zero-order chi connectivity index (χ0) is 15.9. The molecular formula is C17H13FN2O2. The van der Waals surface area contributed by atoms with Gasteiger partial charge in [0.1, 0.15) is 5.82 Å². The number of anilines is 1. The summed E-state index contributed by atoms with van der Waals surface area (Å²) in [6.45, 7) is 1.63. The number of aryl methyl sites for hydroxylation is 1. The van der Waals surface area contributed by atoms with E-state index in [2.05, 4.69) is 0 Å². The van der Waals surface area contributed by atoms with Gasteiger partial charge in [0.2, 0.25) is 0 Å². The van der Waals surface area contributed by atoms with E-state index in [-0.39, 0.29) is 5.56 Å². The van der Waals surface area contributed by atoms with Crippen molar-refractivity contribution in [2.24, 2.45) is 0 Å². The molecule has 4 nitrogen and oxygen atoms in total. The van der Waals surface area contributed by atoms with Crippen molar-refractivity contribution < 1.29 is 9.18 Å². The van der Waals surface area contributed by atoms with Crippen LogP contribution in [-0.4, -0.2) is 10.5 Å². The SMILES string of the molecule is Cc1cc2ccc(N)cc2n(C(=O)c2cccc(F)c2)c1=O. The maximum atomic E-state index is 13.3. The van der Waals surface area contributed by atoms with Gasteiger partial charge >= 0.3 is 0 Å². The summed E-state index contributed by atoms with van der Waals surface area (Å²) in [5.41, 5.74) is 6.71. The van der Waals surface area contributed by atoms with Crippen LogP contribution in [0.2, 0.25) is 0 Å². The zero-order valence-corrected chi connectivity index (χ0v) is 11.8. The van der Waals surface area contributed by atoms with Crippen molar-refractivity contribution in [2.45, 2.75) is 6.92 Å². The first-order valence-electron chi connectivity index (χ1n) is 6.69. The molecule has 0 fully saturated rings. The molecule has 22 heavy (non-hydrogen) atoms. The van der Waals surface area contributed by atoms with Crippen LogP contribution in [0.15, 0.2) is 53.3 Å². The summed E-state index contributed by atoms with van der Waals surface area (Å²) in [6.07, 6.45) is 0. The zero-order valence-electron chi connectivity index (χ0n) is 11.8. The number of benzene rings is 2. The number of hydrogen-bond donors (Lipinski definition) is 1. The van der Waals surface area contributed by atoms with Gasteiger partial charge in [0.15, 0.2) is 0 Å². The maximum Gasteiger partial charge on any atom is 0.265 e. The number of nitrogen functional groups attached to an aromatic ring is 1. The number of pyridine rings is 1. The van der Waals surface area contributed by atoms with E-state index in [1.807, 2.05) is 0 Å². The van der Waals surface area contributed by atoms with Crippen molar-refractivity contribution in [1.82, 2.24) is 4.57 Å². The van der Waals surface area contributed by atoms with Crippen LogP contribution < -0.4 is 11.3 Å². The summed E-state index contributed by atoms with van der Waals surface area (Å²) in [7, 11) is 0. The molecule has 0 unspecified atom stereocenters. The Hall–Kier alpha value is -2.95. The van der Waals surface area contributed by atoms with E-state index in [4.69, 9.17) is 5.73 Å². The third kappa shape index (κ3) is 2.26. The van der Waals surface area contributed by atoms with Gasteiger partial charge in [-0.2, -0.15) is 0 Å². The summed E-state index contributed by atoms with van der Waals surface area (Å²) in [6, 6.07) is 12.0. The van der Waals surface area contributed by atoms with Crippen LogP contribution in [0, 0.1) is 12.7 Å². The Morgan fingerprint density at radius 1 is 1.14 bits per heavy atom. The number of rotatable bonds is 1. The van der Waals surface area contributed by atoms with Crippen LogP contribution in [-0.2, 0) is 0 Å². The van der Waals surface area contributed by atoms with Crippen LogP contribution in [0.4, 0.5) is 10.1 Å². The number of carbonyl (C=O) groups excluding carboxylic acids is 1. The molecule has 5 heteroatoms. The minimum Gasteiger partial charge on any atom is -0.399 e. The number of aromatic nitrogens is 1. The lowest BCUT2D eigenvalue weighted by Crippen LogP contribution is -2.29. The smallest absolute Gasteiger partial charge is 0.265 e. The van der Waals surface area contributed by atoms with E-state index in [1.165, 1.54) is 18.2 Å². The first kappa shape index (κ1) is 14.0. The minimum atomic E-state index is -0.580. The Bertz CT molecular complexity index is 961. The Kier molecular flexibility index (Phi) is 3.25. The molecule has 2 aromatic carbocycles. The van der Waals surface area contributed by atoms with E-state index < -0.39 is 17.3 Å². The average Bonchev–Trinajstić information content (AvgIpc) is 2.49. The fourth-order valence-corrected chi connectivity index (χ4v) is 2.41. The fraction of sp³-hybridized carbons (Fsp3) is 0.0588. The molecule has 3 aromatic rings. The standard InChI is InChI=1S/C17H13FN2O2/c1-10-7-11-5-6-14(19)9-15(11)20(16(10)21)17(22)12-3-2-4-13(18)8-12/h2-9H,19H2,1H3. The lowest BCUT2D eigenvalue weighted by molar-refractivity contribution is 0.0960. The number of hydrogen-bond acceptors (Lipinski definition) is 3. The summed E-state index contributed by atoms with van der Waals surface area (Å²) in [4.78, 5) is 25.1. The normalized spacial score (nSPS) is 10.8. The van der Waals surface area contributed by atoms with Gasteiger partial charge in [0.25, 0.3) is 11.5 Å². The van der Waals surface area contributed by atoms with Crippen LogP contribution in [0.5, 0.6) is 0 Å². The van der Waals surface area contributed by atoms with E-state index in [0.29, 0.717) is 16.8 Å². The number of nitrogens with zero attached hydrogens (tertiary/aromatic N) is 1. The summed E-state index contributed by atoms with van der Waals surface area (Å²) < 4.78 is 14.4. The minimum absolute atomic E-state index is 0.108. The molecule has 0 amide bonds. The van der Waals surface area contributed by atoms with Crippen molar-refractivity contribution >= 4 is 22.5 Å². The number of nitrogens with two attached hydrogens (primary N) is 1. The van der Waals surface area contributed by atoms with Gasteiger partial charge in [-0.15, -0.1) is 0 Å². The van der Waals surface area contributed by atoms with Crippen LogP contribution in [0.3, 0.4) is 0 Å². The highest BCUT2D eigenvalue weighted by molar-refractivity contribution is 6.02. The fourth-order valence-electron chi connectivity index (χ4n) is 2.41. The predicted octanol–water partition coefficient (Wildman–Crippen LogP) is 2.72. The Morgan fingerprint density at radius 3 is 2.64 bits per heavy atom. The lowest BCUT2D eigenvalue weighted by atomic mass is 10.1. The molecule has 0 saturated heterocycles. The van der Waals surface area contributed by atoms with E-state index >= 15 is 0 Å². The first-order valence-corrected chi connectivity index (χ1v) is 6.69. The molecule has 3 rings (SSSR count). The lowest BCUT2D eigenvalue weighted by Gasteiger charge is -2.11. The van der Waals surface area contributed by atoms with Gasteiger partial charge in [-0.1, -0.05) is 12.1 Å². The highest BCUT2D eigenvalue weighted by atomic mass is 19.1. The summed E-state index contributed by atoms with van der Waals surface area (Å²) >= 11 is 0. The molecule has 1 heterocycles. The summed E-state index contributed by atoms with van der Waals surface area (Å²) in [5, 5.41) is 0.719. The van der Waals surface area contributed by atoms with E-state index in [9.17, 15) is 14.0 Å². The van der Waals surface area contributed by atoms with E-state index in [0.717, 1.165) is 16.0 Å². The van der Waals surface area contributed by atoms with Crippen LogP contribution >= 0.6 is 0 Å². The molecule has 0 radical (unpaired) electrons. The monoisotopic (exact) mass is 296 g/mol. The average molecular weight is 296 g/mol. The Morgan fingerprint density at radius 2 is 1.91 bits per heavy atom. The van der Waals surface area contributed by atoms with Crippen LogP contribution in [0.25, 0.3) is 10.9 Å². The largest absolute Gasteiger partial charge is 0.399 e. The van der Waals surface area contributed by atoms with Gasteiger partial charge < -0.3 is 5.73 Å². The van der Waals surface area contributed by atoms with Gasteiger partial charge in [0.05, 0.1) is 5.52 Å². The van der Waals surface area contributed by atoms with E-state index in [1.54, 1.807) is 31.2 Å². The molecule has 0 atom stereocenters. The molecule has 0 spiro atoms. The first-order chi connectivity index (χ1) is 10.5. The highest BCUT2D eigenvalue weighted by Crippen LogP contribution is 2.18. The third-order valence-corrected chi connectivity index (χ3v) is 3.48. The van der Waals surface area contributed by atoms with Crippen LogP contribution in [0.1, 0.15) is 15.9 Å². The van der Waals surface area contributed by atoms with Gasteiger partial charge in [-0.3, -0.25) is 9.59 Å². The molecule has 0 bridgehead atoms. The van der Waals surface area contributed by atoms with Gasteiger partial charge in [0, 0.05) is 16.8 Å². The van der Waals surface area contributed by atoms with Crippen molar-refractivity contribution in [3.05, 3.63) is 75.8 Å². The van der Waals surface area contributed by atoms with Crippen molar-refractivity contribution in [3.63, 3.8) is 0 Å². The Labute approximate surface area is 125 Å². The van der Waals surface area contributed by atoms with Crippen molar-refractivity contribution in [2.75, 3.05) is 5.73 Å². The Balaban J connectivity index is 2.34. The highest BCUT2D eigenvalue weighted by Gasteiger charge is 2.16. The quantitative estimate of drug-likeness (QED) is 0.702. The number of fused-ring (bicyclic) bond motifs is 1. The second kappa shape index (κ2) is 5.11. The molecule has 0 aliphatic rings. The second-order valence-electron chi connectivity index (χ2n) is 5.10. The molecule has 0 saturated carbocycles. The molecule has 0 aliphatic carbocycles. The van der Waals surface area contributed by atoms with Gasteiger partial charge in [-0.05, 0) is 48.7 Å². The maximum absolute atomic E-state index is 13.3. The number of carbonyl (C=O) groups is 1. The third-order valence-electron chi connectivity index (χ3n) is 3.48. The van der Waals surface area contributed by atoms with Crippen molar-refractivity contribution in [1.29, 1.82) is 0 Å². The second-order valence-corrected chi connectivity index (χ2v) is 5.10. The van der Waals surface area contributed by atoms with Crippen molar-refractivity contribution in [3.8, 4) is 0 Å². The molecule has 0 aliphatic heterocycles. The molecule has 1 aromatic heterocycles. The van der Waals surface area contributed by atoms with Gasteiger partial charge in [-0.25, -0.2) is 8.96 Å². The number of halogens is 1.